The van der Waals surface area contributed by atoms with Gasteiger partial charge < -0.3 is 30.7 Å². The van der Waals surface area contributed by atoms with Gasteiger partial charge in [0.25, 0.3) is 0 Å². The number of rotatable bonds is 11. The van der Waals surface area contributed by atoms with Crippen LogP contribution in [0.3, 0.4) is 0 Å². The molecule has 2 aliphatic heterocycles. The summed E-state index contributed by atoms with van der Waals surface area (Å²) in [6, 6.07) is 8.85. The maximum Gasteiger partial charge on any atom is 0.242 e. The maximum absolute atomic E-state index is 13.3. The highest BCUT2D eigenvalue weighted by molar-refractivity contribution is 6.05. The number of piperidine rings is 1. The van der Waals surface area contributed by atoms with Crippen molar-refractivity contribution in [1.82, 2.24) is 15.5 Å². The van der Waals surface area contributed by atoms with Crippen molar-refractivity contribution in [2.24, 2.45) is 22.5 Å². The van der Waals surface area contributed by atoms with Gasteiger partial charge in [0.1, 0.15) is 18.2 Å². The monoisotopic (exact) mass is 528 g/mol. The third-order valence-electron chi connectivity index (χ3n) is 8.83. The first-order valence-electron chi connectivity index (χ1n) is 14.2. The molecule has 9 heteroatoms. The van der Waals surface area contributed by atoms with Crippen molar-refractivity contribution in [3.8, 4) is 0 Å². The topological polar surface area (TPSA) is 123 Å². The lowest BCUT2D eigenvalue weighted by Gasteiger charge is -2.42. The van der Waals surface area contributed by atoms with Crippen LogP contribution in [0.1, 0.15) is 57.4 Å². The van der Waals surface area contributed by atoms with Gasteiger partial charge in [0.05, 0.1) is 13.2 Å². The average Bonchev–Trinajstić information content (AvgIpc) is 3.45. The third kappa shape index (κ3) is 6.93. The predicted octanol–water partition coefficient (Wildman–Crippen LogP) is 1.99. The predicted molar refractivity (Wildman–Crippen MR) is 144 cm³/mol. The van der Waals surface area contributed by atoms with Gasteiger partial charge in [-0.1, -0.05) is 50.1 Å². The highest BCUT2D eigenvalue weighted by Gasteiger charge is 2.47. The van der Waals surface area contributed by atoms with Gasteiger partial charge in [0, 0.05) is 24.9 Å². The molecule has 3 aliphatic rings. The highest BCUT2D eigenvalue weighted by atomic mass is 16.7. The van der Waals surface area contributed by atoms with E-state index in [1.54, 1.807) is 0 Å². The van der Waals surface area contributed by atoms with E-state index in [0.717, 1.165) is 70.5 Å². The molecule has 0 bridgehead atoms. The number of carbonyl (C=O) groups is 3. The molecule has 0 radical (unpaired) electrons. The van der Waals surface area contributed by atoms with Crippen LogP contribution in [0.2, 0.25) is 0 Å². The molecule has 9 nitrogen and oxygen atoms in total. The van der Waals surface area contributed by atoms with Crippen LogP contribution in [0.4, 0.5) is 0 Å². The summed E-state index contributed by atoms with van der Waals surface area (Å²) in [5.74, 6) is -0.864. The zero-order valence-corrected chi connectivity index (χ0v) is 22.7. The number of ether oxygens (including phenoxy) is 2. The summed E-state index contributed by atoms with van der Waals surface area (Å²) < 4.78 is 11.2. The number of amides is 3. The minimum absolute atomic E-state index is 0.0593. The van der Waals surface area contributed by atoms with Crippen molar-refractivity contribution < 1.29 is 23.9 Å². The first kappa shape index (κ1) is 28.5. The quantitative estimate of drug-likeness (QED) is 0.378. The van der Waals surface area contributed by atoms with Gasteiger partial charge in [0.2, 0.25) is 17.7 Å². The fraction of sp³-hybridized carbons (Fsp3) is 0.690. The van der Waals surface area contributed by atoms with Crippen molar-refractivity contribution in [3.63, 3.8) is 0 Å². The van der Waals surface area contributed by atoms with Crippen LogP contribution < -0.4 is 16.4 Å². The highest BCUT2D eigenvalue weighted by Crippen LogP contribution is 2.38. The van der Waals surface area contributed by atoms with E-state index in [1.807, 2.05) is 30.3 Å². The molecule has 38 heavy (non-hydrogen) atoms. The zero-order valence-electron chi connectivity index (χ0n) is 22.7. The van der Waals surface area contributed by atoms with Crippen molar-refractivity contribution in [1.29, 1.82) is 0 Å². The van der Waals surface area contributed by atoms with Gasteiger partial charge in [-0.05, 0) is 56.7 Å². The van der Waals surface area contributed by atoms with Gasteiger partial charge in [-0.25, -0.2) is 0 Å². The zero-order chi connectivity index (χ0) is 27.0. The van der Waals surface area contributed by atoms with E-state index in [4.69, 9.17) is 15.2 Å². The largest absolute Gasteiger partial charge is 0.369 e. The number of nitrogens with two attached hydrogens (primary N) is 1. The molecule has 1 aromatic rings. The van der Waals surface area contributed by atoms with E-state index in [9.17, 15) is 14.4 Å². The normalized spacial score (nSPS) is 22.4. The van der Waals surface area contributed by atoms with Crippen LogP contribution >= 0.6 is 0 Å². The standard InChI is InChI=1S/C29H44N4O5/c1-2-28(19-37-21-38-20-28)18-33-14-10-23(11-15-33)17-31-25(34)24(16-22-8-4-3-5-9-22)32-27(36)29(26(30)35)12-6-7-13-29/h3-5,8-9,23-24H,2,6-7,10-21H2,1H3,(H2,30,35)(H,31,34)(H,32,36)/t24-/m1/s1. The van der Waals surface area contributed by atoms with E-state index in [2.05, 4.69) is 22.5 Å². The Morgan fingerprint density at radius 3 is 2.34 bits per heavy atom. The second kappa shape index (κ2) is 13.0. The fourth-order valence-corrected chi connectivity index (χ4v) is 6.13. The fourth-order valence-electron chi connectivity index (χ4n) is 6.13. The molecule has 0 spiro atoms. The summed E-state index contributed by atoms with van der Waals surface area (Å²) in [6.07, 6.45) is 5.82. The molecule has 3 amide bonds. The minimum atomic E-state index is -1.22. The number of primary amides is 1. The Morgan fingerprint density at radius 1 is 1.08 bits per heavy atom. The van der Waals surface area contributed by atoms with Crippen LogP contribution in [0, 0.1) is 16.7 Å². The van der Waals surface area contributed by atoms with Crippen LogP contribution in [0.25, 0.3) is 0 Å². The Labute approximate surface area is 226 Å². The Hall–Kier alpha value is -2.49. The first-order chi connectivity index (χ1) is 18.4. The summed E-state index contributed by atoms with van der Waals surface area (Å²) >= 11 is 0. The summed E-state index contributed by atoms with van der Waals surface area (Å²) in [5.41, 5.74) is 5.45. The lowest BCUT2D eigenvalue weighted by atomic mass is 9.84. The summed E-state index contributed by atoms with van der Waals surface area (Å²) in [5, 5.41) is 5.99. The number of likely N-dealkylation sites (tertiary alicyclic amines) is 1. The number of hydrogen-bond donors (Lipinski definition) is 3. The van der Waals surface area contributed by atoms with Crippen molar-refractivity contribution in [2.75, 3.05) is 46.2 Å². The SMILES string of the molecule is CCC1(CN2CCC(CNC(=O)[C@@H](Cc3ccccc3)NC(=O)C3(C(N)=O)CCCC3)CC2)COCOC1. The summed E-state index contributed by atoms with van der Waals surface area (Å²) in [7, 11) is 0. The molecule has 0 unspecified atom stereocenters. The molecule has 4 N–H and O–H groups in total. The van der Waals surface area contributed by atoms with Crippen LogP contribution in [0.5, 0.6) is 0 Å². The van der Waals surface area contributed by atoms with E-state index in [0.29, 0.717) is 38.5 Å². The van der Waals surface area contributed by atoms with E-state index in [1.165, 1.54) is 0 Å². The van der Waals surface area contributed by atoms with Gasteiger partial charge >= 0.3 is 0 Å². The molecule has 1 aromatic carbocycles. The molecule has 2 saturated heterocycles. The molecular weight excluding hydrogens is 484 g/mol. The van der Waals surface area contributed by atoms with Gasteiger partial charge in [-0.3, -0.25) is 14.4 Å². The smallest absolute Gasteiger partial charge is 0.242 e. The Morgan fingerprint density at radius 2 is 1.74 bits per heavy atom. The number of nitrogens with one attached hydrogen (secondary N) is 2. The van der Waals surface area contributed by atoms with Gasteiger partial charge in [-0.2, -0.15) is 0 Å². The summed E-state index contributed by atoms with van der Waals surface area (Å²) in [4.78, 5) is 41.3. The average molecular weight is 529 g/mol. The van der Waals surface area contributed by atoms with Gasteiger partial charge in [-0.15, -0.1) is 0 Å². The molecule has 2 heterocycles. The summed E-state index contributed by atoms with van der Waals surface area (Å²) in [6.45, 7) is 7.56. The van der Waals surface area contributed by atoms with Crippen LogP contribution in [-0.2, 0) is 30.3 Å². The number of hydrogen-bond acceptors (Lipinski definition) is 6. The molecule has 4 rings (SSSR count). The molecular formula is C29H44N4O5. The molecule has 1 atom stereocenters. The lowest BCUT2D eigenvalue weighted by Crippen LogP contribution is -2.56. The molecule has 1 aliphatic carbocycles. The van der Waals surface area contributed by atoms with E-state index >= 15 is 0 Å². The molecule has 1 saturated carbocycles. The molecule has 3 fully saturated rings. The minimum Gasteiger partial charge on any atom is -0.369 e. The third-order valence-corrected chi connectivity index (χ3v) is 8.83. The van der Waals surface area contributed by atoms with Crippen LogP contribution in [0.15, 0.2) is 30.3 Å². The van der Waals surface area contributed by atoms with Gasteiger partial charge in [0.15, 0.2) is 0 Å². The Balaban J connectivity index is 1.31. The van der Waals surface area contributed by atoms with E-state index in [-0.39, 0.29) is 11.3 Å². The molecule has 0 aromatic heterocycles. The molecule has 210 valence electrons. The number of carbonyl (C=O) groups excluding carboxylic acids is 3. The second-order valence-corrected chi connectivity index (χ2v) is 11.5. The Kier molecular flexibility index (Phi) is 9.79. The van der Waals surface area contributed by atoms with Crippen molar-refractivity contribution in [3.05, 3.63) is 35.9 Å². The Bertz CT molecular complexity index is 936. The first-order valence-corrected chi connectivity index (χ1v) is 14.2. The van der Waals surface area contributed by atoms with Crippen molar-refractivity contribution in [2.45, 2.75) is 64.3 Å². The number of nitrogens with zero attached hydrogens (tertiary/aromatic N) is 1. The maximum atomic E-state index is 13.3. The lowest BCUT2D eigenvalue weighted by molar-refractivity contribution is -0.172. The number of benzene rings is 1. The van der Waals surface area contributed by atoms with E-state index < -0.39 is 23.3 Å². The van der Waals surface area contributed by atoms with Crippen molar-refractivity contribution >= 4 is 17.7 Å². The second-order valence-electron chi connectivity index (χ2n) is 11.5. The van der Waals surface area contributed by atoms with Crippen LogP contribution in [-0.4, -0.2) is 74.8 Å².